The highest BCUT2D eigenvalue weighted by Gasteiger charge is 2.34. The zero-order chi connectivity index (χ0) is 9.30. The van der Waals surface area contributed by atoms with Crippen LogP contribution >= 0.6 is 0 Å². The zero-order valence-corrected chi connectivity index (χ0v) is 8.42. The first-order valence-electron chi connectivity index (χ1n) is 4.57. The highest BCUT2D eigenvalue weighted by Crippen LogP contribution is 2.18. The molecular formula is C9H19FN2. The maximum atomic E-state index is 13.4. The Morgan fingerprint density at radius 3 is 2.17 bits per heavy atom. The predicted octanol–water partition coefficient (Wildman–Crippen LogP) is 0.979. The van der Waals surface area contributed by atoms with E-state index in [1.54, 1.807) is 0 Å². The quantitative estimate of drug-likeness (QED) is 0.615. The van der Waals surface area contributed by atoms with Crippen LogP contribution < -0.4 is 0 Å². The van der Waals surface area contributed by atoms with Gasteiger partial charge in [-0.3, -0.25) is 4.90 Å². The van der Waals surface area contributed by atoms with Crippen molar-refractivity contribution in [2.75, 3.05) is 27.2 Å². The lowest BCUT2D eigenvalue weighted by Gasteiger charge is -2.22. The zero-order valence-electron chi connectivity index (χ0n) is 8.42. The summed E-state index contributed by atoms with van der Waals surface area (Å²) in [4.78, 5) is 4.17. The highest BCUT2D eigenvalue weighted by molar-refractivity contribution is 4.90. The molecule has 0 N–H and O–H groups in total. The molecule has 0 radical (unpaired) electrons. The first-order chi connectivity index (χ1) is 5.52. The Kier molecular flexibility index (Phi) is 3.07. The van der Waals surface area contributed by atoms with Gasteiger partial charge in [-0.15, -0.1) is 0 Å². The Bertz CT molecular complexity index is 147. The van der Waals surface area contributed by atoms with E-state index < -0.39 is 6.17 Å². The van der Waals surface area contributed by atoms with Crippen LogP contribution in [-0.4, -0.2) is 55.2 Å². The van der Waals surface area contributed by atoms with Gasteiger partial charge in [-0.1, -0.05) is 0 Å². The molecule has 3 heteroatoms. The molecule has 0 aromatic heterocycles. The van der Waals surface area contributed by atoms with Crippen LogP contribution in [0.3, 0.4) is 0 Å². The monoisotopic (exact) mass is 174 g/mol. The van der Waals surface area contributed by atoms with Crippen molar-refractivity contribution in [2.24, 2.45) is 0 Å². The molecule has 1 heterocycles. The van der Waals surface area contributed by atoms with Crippen LogP contribution in [0, 0.1) is 0 Å². The number of likely N-dealkylation sites (N-methyl/N-ethyl adjacent to an activating group) is 1. The van der Waals surface area contributed by atoms with E-state index in [1.165, 1.54) is 0 Å². The number of likely N-dealkylation sites (tertiary alicyclic amines) is 1. The second kappa shape index (κ2) is 3.71. The lowest BCUT2D eigenvalue weighted by atomic mass is 10.2. The fourth-order valence-corrected chi connectivity index (χ4v) is 1.68. The summed E-state index contributed by atoms with van der Waals surface area (Å²) in [5.41, 5.74) is 0. The molecule has 1 aliphatic rings. The largest absolute Gasteiger partial charge is 0.302 e. The molecule has 1 rings (SSSR count). The van der Waals surface area contributed by atoms with Gasteiger partial charge >= 0.3 is 0 Å². The van der Waals surface area contributed by atoms with Gasteiger partial charge in [0.25, 0.3) is 0 Å². The van der Waals surface area contributed by atoms with Gasteiger partial charge in [0.2, 0.25) is 0 Å². The third-order valence-electron chi connectivity index (χ3n) is 2.64. The lowest BCUT2D eigenvalue weighted by Crippen LogP contribution is -2.36. The summed E-state index contributed by atoms with van der Waals surface area (Å²) >= 11 is 0. The van der Waals surface area contributed by atoms with Crippen LogP contribution in [0.1, 0.15) is 13.8 Å². The normalized spacial score (nSPS) is 32.2. The molecule has 0 aliphatic carbocycles. The Morgan fingerprint density at radius 2 is 1.92 bits per heavy atom. The number of rotatable bonds is 2. The third kappa shape index (κ3) is 1.96. The average Bonchev–Trinajstić information content (AvgIpc) is 2.30. The molecule has 0 amide bonds. The molecule has 12 heavy (non-hydrogen) atoms. The maximum Gasteiger partial charge on any atom is 0.129 e. The average molecular weight is 174 g/mol. The second-order valence-electron chi connectivity index (χ2n) is 4.09. The van der Waals surface area contributed by atoms with E-state index in [0.717, 1.165) is 6.54 Å². The van der Waals surface area contributed by atoms with E-state index in [4.69, 9.17) is 0 Å². The van der Waals surface area contributed by atoms with Crippen molar-refractivity contribution in [1.82, 2.24) is 9.80 Å². The molecule has 1 saturated heterocycles. The minimum Gasteiger partial charge on any atom is -0.302 e. The summed E-state index contributed by atoms with van der Waals surface area (Å²) < 4.78 is 13.4. The van der Waals surface area contributed by atoms with Crippen molar-refractivity contribution in [3.63, 3.8) is 0 Å². The van der Waals surface area contributed by atoms with Gasteiger partial charge in [0.1, 0.15) is 6.17 Å². The molecule has 0 aromatic rings. The van der Waals surface area contributed by atoms with Crippen LogP contribution in [-0.2, 0) is 0 Å². The Balaban J connectivity index is 2.50. The SMILES string of the molecule is CC(C)N1CC(F)C(N(C)C)C1. The number of nitrogens with zero attached hydrogens (tertiary/aromatic N) is 2. The molecule has 72 valence electrons. The molecule has 1 fully saturated rings. The number of halogens is 1. The molecule has 0 aromatic carbocycles. The van der Waals surface area contributed by atoms with Crippen molar-refractivity contribution < 1.29 is 4.39 Å². The molecule has 0 bridgehead atoms. The van der Waals surface area contributed by atoms with Crippen LogP contribution in [0.25, 0.3) is 0 Å². The van der Waals surface area contributed by atoms with Gasteiger partial charge in [-0.05, 0) is 27.9 Å². The highest BCUT2D eigenvalue weighted by atomic mass is 19.1. The summed E-state index contributed by atoms with van der Waals surface area (Å²) in [5, 5.41) is 0. The Hall–Kier alpha value is -0.150. The van der Waals surface area contributed by atoms with Crippen molar-refractivity contribution in [3.05, 3.63) is 0 Å². The second-order valence-corrected chi connectivity index (χ2v) is 4.09. The van der Waals surface area contributed by atoms with Gasteiger partial charge in [0, 0.05) is 19.1 Å². The van der Waals surface area contributed by atoms with Crippen molar-refractivity contribution in [2.45, 2.75) is 32.1 Å². The molecule has 2 nitrogen and oxygen atoms in total. The van der Waals surface area contributed by atoms with Crippen LogP contribution in [0.15, 0.2) is 0 Å². The summed E-state index contributed by atoms with van der Waals surface area (Å²) in [6, 6.07) is 0.556. The number of hydrogen-bond acceptors (Lipinski definition) is 2. The Morgan fingerprint density at radius 1 is 1.33 bits per heavy atom. The van der Waals surface area contributed by atoms with Gasteiger partial charge in [-0.2, -0.15) is 0 Å². The molecule has 0 spiro atoms. The molecular weight excluding hydrogens is 155 g/mol. The Labute approximate surface area is 74.3 Å². The molecule has 0 saturated carbocycles. The smallest absolute Gasteiger partial charge is 0.129 e. The van der Waals surface area contributed by atoms with Crippen molar-refractivity contribution >= 4 is 0 Å². The van der Waals surface area contributed by atoms with E-state index >= 15 is 0 Å². The van der Waals surface area contributed by atoms with E-state index in [1.807, 2.05) is 19.0 Å². The van der Waals surface area contributed by atoms with E-state index in [2.05, 4.69) is 18.7 Å². The third-order valence-corrected chi connectivity index (χ3v) is 2.64. The van der Waals surface area contributed by atoms with E-state index in [0.29, 0.717) is 12.6 Å². The standard InChI is InChI=1S/C9H19FN2/c1-7(2)12-5-8(10)9(6-12)11(3)4/h7-9H,5-6H2,1-4H3. The topological polar surface area (TPSA) is 6.48 Å². The minimum atomic E-state index is -0.678. The van der Waals surface area contributed by atoms with E-state index in [-0.39, 0.29) is 6.04 Å². The fraction of sp³-hybridized carbons (Fsp3) is 1.00. The minimum absolute atomic E-state index is 0.0902. The van der Waals surface area contributed by atoms with Gasteiger partial charge in [-0.25, -0.2) is 4.39 Å². The molecule has 2 atom stereocenters. The number of alkyl halides is 1. The molecule has 1 aliphatic heterocycles. The summed E-state index contributed by atoms with van der Waals surface area (Å²) in [7, 11) is 3.89. The summed E-state index contributed by atoms with van der Waals surface area (Å²) in [6.07, 6.45) is -0.678. The van der Waals surface area contributed by atoms with E-state index in [9.17, 15) is 4.39 Å². The van der Waals surface area contributed by atoms with Crippen molar-refractivity contribution in [3.8, 4) is 0 Å². The summed E-state index contributed by atoms with van der Waals surface area (Å²) in [6.45, 7) is 5.70. The number of hydrogen-bond donors (Lipinski definition) is 0. The first kappa shape index (κ1) is 9.93. The van der Waals surface area contributed by atoms with Gasteiger partial charge in [0.15, 0.2) is 0 Å². The fourth-order valence-electron chi connectivity index (χ4n) is 1.68. The van der Waals surface area contributed by atoms with Gasteiger partial charge in [0.05, 0.1) is 6.04 Å². The maximum absolute atomic E-state index is 13.4. The van der Waals surface area contributed by atoms with Crippen LogP contribution in [0.5, 0.6) is 0 Å². The van der Waals surface area contributed by atoms with Crippen LogP contribution in [0.2, 0.25) is 0 Å². The predicted molar refractivity (Wildman–Crippen MR) is 49.1 cm³/mol. The lowest BCUT2D eigenvalue weighted by molar-refractivity contribution is 0.202. The van der Waals surface area contributed by atoms with Crippen LogP contribution in [0.4, 0.5) is 4.39 Å². The molecule has 2 unspecified atom stereocenters. The van der Waals surface area contributed by atoms with Gasteiger partial charge < -0.3 is 4.90 Å². The van der Waals surface area contributed by atoms with Crippen molar-refractivity contribution in [1.29, 1.82) is 0 Å². The first-order valence-corrected chi connectivity index (χ1v) is 4.57. The summed E-state index contributed by atoms with van der Waals surface area (Å²) in [5.74, 6) is 0.